The molecule has 144 valence electrons. The molecule has 0 unspecified atom stereocenters. The maximum atomic E-state index is 13.1. The smallest absolute Gasteiger partial charge is 0.246 e. The summed E-state index contributed by atoms with van der Waals surface area (Å²) >= 11 is 0. The molecule has 1 heterocycles. The van der Waals surface area contributed by atoms with Crippen molar-refractivity contribution in [2.45, 2.75) is 4.90 Å². The van der Waals surface area contributed by atoms with Crippen molar-refractivity contribution in [1.29, 1.82) is 0 Å². The number of nitrogens with zero attached hydrogens (tertiary/aromatic N) is 3. The maximum Gasteiger partial charge on any atom is 0.246 e. The summed E-state index contributed by atoms with van der Waals surface area (Å²) in [6.07, 6.45) is 0. The van der Waals surface area contributed by atoms with Crippen LogP contribution < -0.4 is 15.0 Å². The largest absolute Gasteiger partial charge is 0.456 e. The fourth-order valence-corrected chi connectivity index (χ4v) is 4.39. The Labute approximate surface area is 158 Å². The Hall–Kier alpha value is -2.49. The van der Waals surface area contributed by atoms with Crippen molar-refractivity contribution in [2.75, 3.05) is 45.2 Å². The van der Waals surface area contributed by atoms with Crippen LogP contribution in [0.5, 0.6) is 11.5 Å². The van der Waals surface area contributed by atoms with Crippen molar-refractivity contribution in [1.82, 2.24) is 9.62 Å². The topological polar surface area (TPSA) is 91.3 Å². The van der Waals surface area contributed by atoms with Gasteiger partial charge in [0.05, 0.1) is 0 Å². The lowest BCUT2D eigenvalue weighted by Crippen LogP contribution is -2.46. The van der Waals surface area contributed by atoms with Gasteiger partial charge in [-0.05, 0) is 35.5 Å². The average molecular weight is 390 g/mol. The van der Waals surface area contributed by atoms with E-state index in [0.29, 0.717) is 31.9 Å². The summed E-state index contributed by atoms with van der Waals surface area (Å²) in [4.78, 5) is 12.8. The zero-order chi connectivity index (χ0) is 19.4. The first-order valence-electron chi connectivity index (χ1n) is 8.55. The van der Waals surface area contributed by atoms with Crippen LogP contribution in [0.1, 0.15) is 0 Å². The van der Waals surface area contributed by atoms with Crippen LogP contribution in [0.2, 0.25) is 0 Å². The number of rotatable bonds is 6. The second kappa shape index (κ2) is 8.03. The number of nitrogens with one attached hydrogen (secondary N) is 1. The Kier molecular flexibility index (Phi) is 5.73. The third kappa shape index (κ3) is 4.26. The molecule has 1 N–H and O–H groups in total. The number of hydrogen-bond acceptors (Lipinski definition) is 7. The second-order valence-electron chi connectivity index (χ2n) is 6.37. The average Bonchev–Trinajstić information content (AvgIpc) is 2.69. The Balaban J connectivity index is 2.00. The molecule has 1 fully saturated rings. The lowest BCUT2D eigenvalue weighted by atomic mass is 10.2. The predicted molar refractivity (Wildman–Crippen MR) is 104 cm³/mol. The molecule has 8 nitrogen and oxygen atoms in total. The lowest BCUT2D eigenvalue weighted by molar-refractivity contribution is 0.358. The monoisotopic (exact) mass is 390 g/mol. The minimum atomic E-state index is -3.81. The van der Waals surface area contributed by atoms with Crippen LogP contribution in [0.3, 0.4) is 0 Å². The van der Waals surface area contributed by atoms with E-state index in [1.165, 1.54) is 22.5 Å². The highest BCUT2D eigenvalue weighted by Crippen LogP contribution is 2.35. The van der Waals surface area contributed by atoms with E-state index in [1.54, 1.807) is 6.07 Å². The van der Waals surface area contributed by atoms with Gasteiger partial charge in [0.25, 0.3) is 0 Å². The fourth-order valence-electron chi connectivity index (χ4n) is 2.82. The summed E-state index contributed by atoms with van der Waals surface area (Å²) in [6.45, 7) is 1.87. The summed E-state index contributed by atoms with van der Waals surface area (Å²) in [5.41, 5.74) is 0.961. The summed E-state index contributed by atoms with van der Waals surface area (Å²) in [7, 11) is 0.000563. The van der Waals surface area contributed by atoms with Gasteiger partial charge in [-0.1, -0.05) is 6.07 Å². The van der Waals surface area contributed by atoms with Crippen molar-refractivity contribution >= 4 is 21.4 Å². The molecule has 2 aromatic carbocycles. The van der Waals surface area contributed by atoms with E-state index < -0.39 is 10.0 Å². The zero-order valence-electron chi connectivity index (χ0n) is 15.3. The molecule has 0 atom stereocenters. The second-order valence-corrected chi connectivity index (χ2v) is 8.28. The van der Waals surface area contributed by atoms with E-state index in [9.17, 15) is 13.3 Å². The molecule has 9 heteroatoms. The third-order valence-corrected chi connectivity index (χ3v) is 6.21. The number of benzene rings is 2. The SMILES string of the molecule is CN(C)c1cccc(Oc2ccc(N=O)cc2S(=O)(=O)N2CCNCC2)c1. The van der Waals surface area contributed by atoms with Gasteiger partial charge in [-0.2, -0.15) is 4.31 Å². The van der Waals surface area contributed by atoms with E-state index in [0.717, 1.165) is 5.69 Å². The molecule has 1 saturated heterocycles. The molecule has 0 aliphatic carbocycles. The first kappa shape index (κ1) is 19.3. The molecule has 0 saturated carbocycles. The van der Waals surface area contributed by atoms with Gasteiger partial charge in [0, 0.05) is 52.0 Å². The van der Waals surface area contributed by atoms with Gasteiger partial charge in [-0.15, -0.1) is 4.91 Å². The minimum absolute atomic E-state index is 0.0399. The van der Waals surface area contributed by atoms with Crippen LogP contribution in [0.25, 0.3) is 0 Å². The van der Waals surface area contributed by atoms with Crippen LogP contribution in [0.4, 0.5) is 11.4 Å². The highest BCUT2D eigenvalue weighted by Gasteiger charge is 2.29. The molecule has 1 aliphatic heterocycles. The van der Waals surface area contributed by atoms with Crippen LogP contribution >= 0.6 is 0 Å². The van der Waals surface area contributed by atoms with E-state index in [4.69, 9.17) is 4.74 Å². The number of hydrogen-bond donors (Lipinski definition) is 1. The van der Waals surface area contributed by atoms with Gasteiger partial charge < -0.3 is 15.0 Å². The van der Waals surface area contributed by atoms with Crippen molar-refractivity contribution in [3.63, 3.8) is 0 Å². The Morgan fingerprint density at radius 2 is 1.85 bits per heavy atom. The molecule has 1 aliphatic rings. The number of nitroso groups, excluding NO2 is 1. The molecule has 0 amide bonds. The summed E-state index contributed by atoms with van der Waals surface area (Å²) in [6, 6.07) is 11.5. The number of ether oxygens (including phenoxy) is 1. The molecule has 3 rings (SSSR count). The number of piperazine rings is 1. The van der Waals surface area contributed by atoms with E-state index >= 15 is 0 Å². The van der Waals surface area contributed by atoms with Gasteiger partial charge in [0.1, 0.15) is 22.1 Å². The highest BCUT2D eigenvalue weighted by atomic mass is 32.2. The third-order valence-electron chi connectivity index (χ3n) is 4.29. The van der Waals surface area contributed by atoms with E-state index in [-0.39, 0.29) is 16.3 Å². The molecule has 2 aromatic rings. The molecular weight excluding hydrogens is 368 g/mol. The van der Waals surface area contributed by atoms with Crippen molar-refractivity contribution in [3.05, 3.63) is 47.4 Å². The Morgan fingerprint density at radius 1 is 1.11 bits per heavy atom. The van der Waals surface area contributed by atoms with Crippen molar-refractivity contribution in [2.24, 2.45) is 5.18 Å². The van der Waals surface area contributed by atoms with Gasteiger partial charge >= 0.3 is 0 Å². The van der Waals surface area contributed by atoms with Crippen molar-refractivity contribution < 1.29 is 13.2 Å². The molecule has 0 aromatic heterocycles. The van der Waals surface area contributed by atoms with Crippen LogP contribution in [0, 0.1) is 4.91 Å². The fraction of sp³-hybridized carbons (Fsp3) is 0.333. The highest BCUT2D eigenvalue weighted by molar-refractivity contribution is 7.89. The standard InChI is InChI=1S/C18H22N4O4S/c1-21(2)15-4-3-5-16(13-15)26-17-7-6-14(20-23)12-18(17)27(24,25)22-10-8-19-9-11-22/h3-7,12-13,19H,8-11H2,1-2H3. The molecule has 0 spiro atoms. The number of sulfonamides is 1. The van der Waals surface area contributed by atoms with Gasteiger partial charge in [-0.25, -0.2) is 8.42 Å². The van der Waals surface area contributed by atoms with Gasteiger partial charge in [-0.3, -0.25) is 0 Å². The summed E-state index contributed by atoms with van der Waals surface area (Å²) in [5, 5.41) is 5.99. The quantitative estimate of drug-likeness (QED) is 0.762. The number of anilines is 1. The van der Waals surface area contributed by atoms with E-state index in [1.807, 2.05) is 37.2 Å². The van der Waals surface area contributed by atoms with Crippen LogP contribution in [-0.4, -0.2) is 53.0 Å². The normalized spacial score (nSPS) is 15.3. The minimum Gasteiger partial charge on any atom is -0.456 e. The molecule has 0 radical (unpaired) electrons. The van der Waals surface area contributed by atoms with Crippen LogP contribution in [0.15, 0.2) is 52.5 Å². The van der Waals surface area contributed by atoms with Gasteiger partial charge in [0.15, 0.2) is 0 Å². The predicted octanol–water partition coefficient (Wildman–Crippen LogP) is 2.54. The molecule has 0 bridgehead atoms. The molecular formula is C18H22N4O4S. The zero-order valence-corrected chi connectivity index (χ0v) is 16.1. The summed E-state index contributed by atoms with van der Waals surface area (Å²) < 4.78 is 33.5. The van der Waals surface area contributed by atoms with Crippen LogP contribution in [-0.2, 0) is 10.0 Å². The first-order chi connectivity index (χ1) is 12.9. The Morgan fingerprint density at radius 3 is 2.52 bits per heavy atom. The van der Waals surface area contributed by atoms with Gasteiger partial charge in [0.2, 0.25) is 10.0 Å². The maximum absolute atomic E-state index is 13.1. The summed E-state index contributed by atoms with van der Waals surface area (Å²) in [5.74, 6) is 0.668. The first-order valence-corrected chi connectivity index (χ1v) is 9.99. The molecule has 27 heavy (non-hydrogen) atoms. The lowest BCUT2D eigenvalue weighted by Gasteiger charge is -2.27. The van der Waals surface area contributed by atoms with Crippen molar-refractivity contribution in [3.8, 4) is 11.5 Å². The Bertz CT molecular complexity index is 925. The van der Waals surface area contributed by atoms with E-state index in [2.05, 4.69) is 10.5 Å².